The zero-order valence-electron chi connectivity index (χ0n) is 16.7. The second kappa shape index (κ2) is 10.3. The van der Waals surface area contributed by atoms with E-state index in [1.807, 2.05) is 6.07 Å². The third-order valence-corrected chi connectivity index (χ3v) is 6.75. The van der Waals surface area contributed by atoms with E-state index in [9.17, 15) is 4.39 Å². The zero-order valence-corrected chi connectivity index (χ0v) is 16.7. The summed E-state index contributed by atoms with van der Waals surface area (Å²) in [6.07, 6.45) is 21.4. The monoisotopic (exact) mass is 356 g/mol. The van der Waals surface area contributed by atoms with Gasteiger partial charge in [-0.2, -0.15) is 0 Å². The first kappa shape index (κ1) is 19.6. The molecule has 1 saturated carbocycles. The topological polar surface area (TPSA) is 0 Å². The molecule has 2 aliphatic rings. The number of halogens is 1. The Morgan fingerprint density at radius 1 is 0.885 bits per heavy atom. The molecule has 0 nitrogen and oxygen atoms in total. The highest BCUT2D eigenvalue weighted by atomic mass is 19.1. The maximum absolute atomic E-state index is 13.3. The number of rotatable bonds is 9. The number of hydrogen-bond donors (Lipinski definition) is 0. The van der Waals surface area contributed by atoms with E-state index in [1.54, 1.807) is 17.7 Å². The summed E-state index contributed by atoms with van der Waals surface area (Å²) in [4.78, 5) is 0. The van der Waals surface area contributed by atoms with Crippen molar-refractivity contribution < 1.29 is 4.39 Å². The Balaban J connectivity index is 1.32. The lowest BCUT2D eigenvalue weighted by Gasteiger charge is -2.29. The molecule has 0 amide bonds. The van der Waals surface area contributed by atoms with Crippen molar-refractivity contribution in [1.82, 2.24) is 0 Å². The van der Waals surface area contributed by atoms with E-state index in [-0.39, 0.29) is 5.82 Å². The van der Waals surface area contributed by atoms with Gasteiger partial charge in [-0.3, -0.25) is 0 Å². The second-order valence-corrected chi connectivity index (χ2v) is 8.78. The van der Waals surface area contributed by atoms with Gasteiger partial charge in [-0.15, -0.1) is 0 Å². The first-order valence-corrected chi connectivity index (χ1v) is 11.2. The van der Waals surface area contributed by atoms with Crippen molar-refractivity contribution in [2.45, 2.75) is 96.8 Å². The van der Waals surface area contributed by atoms with Gasteiger partial charge in [-0.25, -0.2) is 4.39 Å². The van der Waals surface area contributed by atoms with Crippen LogP contribution in [0.2, 0.25) is 0 Å². The van der Waals surface area contributed by atoms with E-state index in [0.717, 1.165) is 24.7 Å². The lowest BCUT2D eigenvalue weighted by molar-refractivity contribution is 0.248. The van der Waals surface area contributed by atoms with E-state index in [0.29, 0.717) is 0 Å². The predicted octanol–water partition coefficient (Wildman–Crippen LogP) is 7.80. The van der Waals surface area contributed by atoms with Gasteiger partial charge in [0, 0.05) is 0 Å². The lowest BCUT2D eigenvalue weighted by atomic mass is 9.77. The molecule has 3 rings (SSSR count). The zero-order chi connectivity index (χ0) is 18.2. The molecule has 1 aromatic rings. The first-order valence-electron chi connectivity index (χ1n) is 11.2. The fraction of sp³-hybridized carbons (Fsp3) is 0.680. The minimum Gasteiger partial charge on any atom is -0.207 e. The molecule has 0 aromatic heterocycles. The van der Waals surface area contributed by atoms with Crippen molar-refractivity contribution >= 4 is 0 Å². The van der Waals surface area contributed by atoms with Crippen LogP contribution in [0.4, 0.5) is 4.39 Å². The summed E-state index contributed by atoms with van der Waals surface area (Å²) in [5.74, 6) is 1.87. The summed E-state index contributed by atoms with van der Waals surface area (Å²) < 4.78 is 13.3. The largest absolute Gasteiger partial charge is 0.207 e. The fourth-order valence-corrected chi connectivity index (χ4v) is 4.95. The number of allylic oxidation sites excluding steroid dienone is 2. The van der Waals surface area contributed by atoms with Crippen LogP contribution in [0.25, 0.3) is 0 Å². The van der Waals surface area contributed by atoms with Gasteiger partial charge in [-0.1, -0.05) is 88.8 Å². The number of benzene rings is 1. The fourth-order valence-electron chi connectivity index (χ4n) is 4.95. The minimum atomic E-state index is -0.0947. The van der Waals surface area contributed by atoms with Gasteiger partial charge in [0.25, 0.3) is 0 Å². The molecule has 1 heteroatoms. The SMILES string of the molecule is CCCCCCCC1CCC(CCC2=CCc3cc(F)ccc3C2)CC1. The van der Waals surface area contributed by atoms with E-state index < -0.39 is 0 Å². The third kappa shape index (κ3) is 5.96. The van der Waals surface area contributed by atoms with Crippen LogP contribution in [-0.2, 0) is 12.8 Å². The van der Waals surface area contributed by atoms with Crippen LogP contribution in [0.15, 0.2) is 29.8 Å². The molecule has 0 radical (unpaired) electrons. The van der Waals surface area contributed by atoms with Gasteiger partial charge in [-0.05, 0) is 60.8 Å². The van der Waals surface area contributed by atoms with Crippen molar-refractivity contribution in [1.29, 1.82) is 0 Å². The van der Waals surface area contributed by atoms with Crippen molar-refractivity contribution in [3.8, 4) is 0 Å². The Morgan fingerprint density at radius 3 is 2.38 bits per heavy atom. The van der Waals surface area contributed by atoms with Crippen molar-refractivity contribution in [2.24, 2.45) is 11.8 Å². The molecular weight excluding hydrogens is 319 g/mol. The standard InChI is InChI=1S/C25H37F/c1-2-3-4-5-6-7-20-8-10-21(11-9-20)12-13-22-14-15-24-19-25(26)17-16-23(24)18-22/h14,16-17,19-21H,2-13,15,18H2,1H3. The van der Waals surface area contributed by atoms with Crippen LogP contribution in [0.5, 0.6) is 0 Å². The van der Waals surface area contributed by atoms with Gasteiger partial charge in [0.1, 0.15) is 5.82 Å². The molecule has 0 unspecified atom stereocenters. The molecule has 0 bridgehead atoms. The first-order chi connectivity index (χ1) is 12.7. The molecule has 144 valence electrons. The van der Waals surface area contributed by atoms with E-state index in [4.69, 9.17) is 0 Å². The van der Waals surface area contributed by atoms with E-state index in [2.05, 4.69) is 13.0 Å². The molecule has 0 N–H and O–H groups in total. The van der Waals surface area contributed by atoms with Crippen LogP contribution >= 0.6 is 0 Å². The maximum atomic E-state index is 13.3. The lowest BCUT2D eigenvalue weighted by Crippen LogP contribution is -2.15. The molecule has 1 aromatic carbocycles. The number of unbranched alkanes of at least 4 members (excludes halogenated alkanes) is 4. The quantitative estimate of drug-likeness (QED) is 0.313. The van der Waals surface area contributed by atoms with Crippen LogP contribution < -0.4 is 0 Å². The molecule has 0 aliphatic heterocycles. The van der Waals surface area contributed by atoms with E-state index in [1.165, 1.54) is 88.2 Å². The van der Waals surface area contributed by atoms with E-state index >= 15 is 0 Å². The van der Waals surface area contributed by atoms with Crippen LogP contribution in [0, 0.1) is 17.7 Å². The van der Waals surface area contributed by atoms with Crippen molar-refractivity contribution in [3.05, 3.63) is 46.8 Å². The Hall–Kier alpha value is -1.11. The molecule has 0 saturated heterocycles. The van der Waals surface area contributed by atoms with Gasteiger partial charge in [0.2, 0.25) is 0 Å². The number of fused-ring (bicyclic) bond motifs is 1. The van der Waals surface area contributed by atoms with Crippen molar-refractivity contribution in [3.63, 3.8) is 0 Å². The summed E-state index contributed by atoms with van der Waals surface area (Å²) in [7, 11) is 0. The second-order valence-electron chi connectivity index (χ2n) is 8.78. The third-order valence-electron chi connectivity index (χ3n) is 6.75. The summed E-state index contributed by atoms with van der Waals surface area (Å²) in [6.45, 7) is 2.29. The summed E-state index contributed by atoms with van der Waals surface area (Å²) in [6, 6.07) is 5.32. The molecule has 26 heavy (non-hydrogen) atoms. The predicted molar refractivity (Wildman–Crippen MR) is 110 cm³/mol. The molecule has 0 spiro atoms. The van der Waals surface area contributed by atoms with Crippen LogP contribution in [0.1, 0.15) is 95.1 Å². The maximum Gasteiger partial charge on any atom is 0.123 e. The van der Waals surface area contributed by atoms with Gasteiger partial charge in [0.15, 0.2) is 0 Å². The van der Waals surface area contributed by atoms with Crippen molar-refractivity contribution in [2.75, 3.05) is 0 Å². The average Bonchev–Trinajstić information content (AvgIpc) is 2.67. The normalized spacial score (nSPS) is 22.8. The van der Waals surface area contributed by atoms with Gasteiger partial charge >= 0.3 is 0 Å². The van der Waals surface area contributed by atoms with Gasteiger partial charge < -0.3 is 0 Å². The Morgan fingerprint density at radius 2 is 1.62 bits per heavy atom. The van der Waals surface area contributed by atoms with Crippen LogP contribution in [-0.4, -0.2) is 0 Å². The highest BCUT2D eigenvalue weighted by Gasteiger charge is 2.21. The Labute approximate surface area is 160 Å². The van der Waals surface area contributed by atoms with Crippen LogP contribution in [0.3, 0.4) is 0 Å². The van der Waals surface area contributed by atoms with Gasteiger partial charge in [0.05, 0.1) is 0 Å². The summed E-state index contributed by atoms with van der Waals surface area (Å²) in [5.41, 5.74) is 4.12. The minimum absolute atomic E-state index is 0.0947. The molecule has 0 atom stereocenters. The number of hydrogen-bond acceptors (Lipinski definition) is 0. The average molecular weight is 357 g/mol. The highest BCUT2D eigenvalue weighted by Crippen LogP contribution is 2.35. The summed E-state index contributed by atoms with van der Waals surface area (Å²) >= 11 is 0. The molecule has 1 fully saturated rings. The molecule has 0 heterocycles. The summed E-state index contributed by atoms with van der Waals surface area (Å²) in [5, 5.41) is 0. The Bertz CT molecular complexity index is 578. The Kier molecular flexibility index (Phi) is 7.77. The smallest absolute Gasteiger partial charge is 0.123 e. The highest BCUT2D eigenvalue weighted by molar-refractivity contribution is 5.37. The molecule has 2 aliphatic carbocycles. The molecular formula is C25H37F.